The first-order valence-corrected chi connectivity index (χ1v) is 14.2. The van der Waals surface area contributed by atoms with Crippen LogP contribution in [-0.4, -0.2) is 41.0 Å². The maximum absolute atomic E-state index is 13.3. The molecular weight excluding hydrogens is 515 g/mol. The largest absolute Gasteiger partial charge is 0.474 e. The van der Waals surface area contributed by atoms with Crippen molar-refractivity contribution in [3.8, 4) is 0 Å². The van der Waals surface area contributed by atoms with Crippen LogP contribution in [0.25, 0.3) is 21.9 Å². The van der Waals surface area contributed by atoms with Gasteiger partial charge in [0.15, 0.2) is 5.82 Å². The molecule has 0 amide bonds. The van der Waals surface area contributed by atoms with E-state index in [1.54, 1.807) is 0 Å². The van der Waals surface area contributed by atoms with Gasteiger partial charge in [0.1, 0.15) is 17.9 Å². The van der Waals surface area contributed by atoms with E-state index in [1.807, 2.05) is 55.5 Å². The van der Waals surface area contributed by atoms with E-state index in [0.717, 1.165) is 40.6 Å². The molecule has 3 heterocycles. The molecule has 2 aliphatic rings. The van der Waals surface area contributed by atoms with Crippen LogP contribution in [-0.2, 0) is 35.0 Å². The van der Waals surface area contributed by atoms with Crippen LogP contribution < -0.4 is 5.73 Å². The number of para-hydroxylation sites is 1. The third kappa shape index (κ3) is 4.65. The molecule has 37 heavy (non-hydrogen) atoms. The number of hydrogen-bond donors (Lipinski definition) is 1. The summed E-state index contributed by atoms with van der Waals surface area (Å²) in [5, 5.41) is 1.58. The Hall–Kier alpha value is -2.52. The van der Waals surface area contributed by atoms with Gasteiger partial charge in [0.05, 0.1) is 36.4 Å². The summed E-state index contributed by atoms with van der Waals surface area (Å²) in [6, 6.07) is 15.3. The first-order chi connectivity index (χ1) is 17.9. The van der Waals surface area contributed by atoms with Gasteiger partial charge in [-0.1, -0.05) is 41.9 Å². The van der Waals surface area contributed by atoms with Crippen molar-refractivity contribution in [3.63, 3.8) is 0 Å². The molecular formula is C26H28ClN4O5P. The predicted octanol–water partition coefficient (Wildman–Crippen LogP) is 5.80. The molecule has 11 heteroatoms. The first-order valence-electron chi connectivity index (χ1n) is 12.3. The Morgan fingerprint density at radius 3 is 2.68 bits per heavy atom. The zero-order valence-electron chi connectivity index (χ0n) is 20.4. The Balaban J connectivity index is 1.28. The highest BCUT2D eigenvalue weighted by molar-refractivity contribution is 7.48. The quantitative estimate of drug-likeness (QED) is 0.278. The number of nitrogens with zero attached hydrogens (tertiary/aromatic N) is 3. The predicted molar refractivity (Wildman–Crippen MR) is 142 cm³/mol. The number of fused-ring (bicyclic) bond motifs is 3. The van der Waals surface area contributed by atoms with Crippen molar-refractivity contribution in [2.75, 3.05) is 32.2 Å². The molecule has 6 rings (SSSR count). The number of hydrogen-bond acceptors (Lipinski definition) is 8. The molecule has 0 spiro atoms. The number of anilines is 1. The molecule has 1 aliphatic heterocycles. The van der Waals surface area contributed by atoms with Crippen LogP contribution >= 0.6 is 19.4 Å². The average molecular weight is 543 g/mol. The number of ether oxygens (including phenoxy) is 1. The summed E-state index contributed by atoms with van der Waals surface area (Å²) >= 11 is 6.12. The van der Waals surface area contributed by atoms with Crippen molar-refractivity contribution in [1.82, 2.24) is 14.5 Å². The second-order valence-electron chi connectivity index (χ2n) is 9.50. The van der Waals surface area contributed by atoms with Crippen LogP contribution in [0.3, 0.4) is 0 Å². The van der Waals surface area contributed by atoms with Crippen LogP contribution in [0.5, 0.6) is 0 Å². The number of phosphoric acid groups is 1. The fraction of sp³-hybridized carbons (Fsp3) is 0.385. The summed E-state index contributed by atoms with van der Waals surface area (Å²) in [5.41, 5.74) is 9.12. The van der Waals surface area contributed by atoms with Crippen molar-refractivity contribution in [2.24, 2.45) is 0 Å². The number of nitrogens with two attached hydrogens (primary N) is 1. The second-order valence-corrected chi connectivity index (χ2v) is 11.6. The summed E-state index contributed by atoms with van der Waals surface area (Å²) < 4.78 is 38.5. The Kier molecular flexibility index (Phi) is 6.47. The number of halogens is 1. The van der Waals surface area contributed by atoms with Gasteiger partial charge in [0.2, 0.25) is 0 Å². The molecule has 0 atom stereocenters. The zero-order chi connectivity index (χ0) is 25.6. The number of aromatic nitrogens is 3. The van der Waals surface area contributed by atoms with E-state index in [-0.39, 0.29) is 25.7 Å². The smallest absolute Gasteiger partial charge is 0.382 e. The van der Waals surface area contributed by atoms with Crippen LogP contribution in [0, 0.1) is 0 Å². The van der Waals surface area contributed by atoms with Crippen molar-refractivity contribution in [1.29, 1.82) is 0 Å². The minimum Gasteiger partial charge on any atom is -0.382 e. The fourth-order valence-corrected chi connectivity index (χ4v) is 6.45. The number of pyridine rings is 1. The second kappa shape index (κ2) is 9.66. The molecule has 2 aromatic carbocycles. The van der Waals surface area contributed by atoms with E-state index in [1.165, 1.54) is 0 Å². The van der Waals surface area contributed by atoms with E-state index < -0.39 is 13.4 Å². The molecule has 9 nitrogen and oxygen atoms in total. The maximum atomic E-state index is 13.3. The fourth-order valence-electron chi connectivity index (χ4n) is 4.90. The lowest BCUT2D eigenvalue weighted by Gasteiger charge is -2.30. The molecule has 2 aromatic heterocycles. The number of nitrogen functional groups attached to an aromatic ring is 1. The van der Waals surface area contributed by atoms with E-state index in [9.17, 15) is 4.57 Å². The summed E-state index contributed by atoms with van der Waals surface area (Å²) in [6.45, 7) is 3.39. The summed E-state index contributed by atoms with van der Waals surface area (Å²) in [4.78, 5) is 9.37. The van der Waals surface area contributed by atoms with Gasteiger partial charge in [-0.3, -0.25) is 13.6 Å². The highest BCUT2D eigenvalue weighted by Crippen LogP contribution is 2.57. The molecule has 4 aromatic rings. The lowest BCUT2D eigenvalue weighted by Crippen LogP contribution is -2.27. The van der Waals surface area contributed by atoms with E-state index >= 15 is 0 Å². The Bertz CT molecular complexity index is 1510. The van der Waals surface area contributed by atoms with E-state index in [2.05, 4.69) is 9.55 Å². The van der Waals surface area contributed by atoms with Crippen LogP contribution in [0.1, 0.15) is 37.1 Å². The normalized spacial score (nSPS) is 23.0. The number of imidazole rings is 1. The van der Waals surface area contributed by atoms with Crippen molar-refractivity contribution in [2.45, 2.75) is 37.8 Å². The van der Waals surface area contributed by atoms with Crippen LogP contribution in [0.15, 0.2) is 48.5 Å². The molecule has 1 saturated heterocycles. The van der Waals surface area contributed by atoms with Gasteiger partial charge in [0, 0.05) is 22.9 Å². The molecule has 2 N–H and O–H groups in total. The van der Waals surface area contributed by atoms with Gasteiger partial charge >= 0.3 is 7.82 Å². The van der Waals surface area contributed by atoms with Gasteiger partial charge in [-0.2, -0.15) is 0 Å². The van der Waals surface area contributed by atoms with Crippen molar-refractivity contribution < 1.29 is 22.9 Å². The van der Waals surface area contributed by atoms with Gasteiger partial charge < -0.3 is 15.0 Å². The minimum absolute atomic E-state index is 0.0727. The standard InChI is InChI=1S/C26H28ClN4O5P/c1-2-33-15-22-30-23-24(20-8-3-4-9-21(20)29-25(23)28)31(22)26(10-11-26)16-36-37(32)34-13-18(14-35-37)17-6-5-7-19(27)12-17/h3-9,12,18H,2,10-11,13-16H2,1H3,(H2,28,29). The van der Waals surface area contributed by atoms with Crippen LogP contribution in [0.4, 0.5) is 5.82 Å². The lowest BCUT2D eigenvalue weighted by atomic mass is 10.0. The Morgan fingerprint density at radius 1 is 1.16 bits per heavy atom. The Morgan fingerprint density at radius 2 is 1.95 bits per heavy atom. The van der Waals surface area contributed by atoms with Gasteiger partial charge in [0.25, 0.3) is 0 Å². The SMILES string of the molecule is CCOCc1nc2c(N)nc3ccccc3c2n1C1(COP2(=O)OCC(c3cccc(Cl)c3)CO2)CC1. The minimum atomic E-state index is -3.73. The molecule has 1 saturated carbocycles. The van der Waals surface area contributed by atoms with Gasteiger partial charge in [-0.05, 0) is 43.5 Å². The number of benzene rings is 2. The number of rotatable bonds is 8. The highest BCUT2D eigenvalue weighted by atomic mass is 35.5. The molecule has 2 fully saturated rings. The lowest BCUT2D eigenvalue weighted by molar-refractivity contribution is 0.0508. The molecule has 0 bridgehead atoms. The molecule has 0 radical (unpaired) electrons. The third-order valence-corrected chi connectivity index (χ3v) is 8.62. The molecule has 1 aliphatic carbocycles. The summed E-state index contributed by atoms with van der Waals surface area (Å²) in [7, 11) is -3.73. The topological polar surface area (TPSA) is 111 Å². The Labute approximate surface area is 219 Å². The molecule has 0 unspecified atom stereocenters. The van der Waals surface area contributed by atoms with Crippen molar-refractivity contribution in [3.05, 3.63) is 64.9 Å². The van der Waals surface area contributed by atoms with Crippen LogP contribution in [0.2, 0.25) is 5.02 Å². The average Bonchev–Trinajstić information content (AvgIpc) is 3.58. The third-order valence-electron chi connectivity index (χ3n) is 7.01. The first kappa shape index (κ1) is 24.8. The van der Waals surface area contributed by atoms with Gasteiger partial charge in [-0.15, -0.1) is 0 Å². The summed E-state index contributed by atoms with van der Waals surface area (Å²) in [6.07, 6.45) is 1.64. The zero-order valence-corrected chi connectivity index (χ0v) is 22.1. The van der Waals surface area contributed by atoms with E-state index in [4.69, 9.17) is 40.6 Å². The number of phosphoric ester groups is 1. The maximum Gasteiger partial charge on any atom is 0.474 e. The van der Waals surface area contributed by atoms with Gasteiger partial charge in [-0.25, -0.2) is 14.5 Å². The summed E-state index contributed by atoms with van der Waals surface area (Å²) in [5.74, 6) is 1.02. The van der Waals surface area contributed by atoms with Crippen molar-refractivity contribution >= 4 is 47.2 Å². The monoisotopic (exact) mass is 542 g/mol. The molecule has 194 valence electrons. The van der Waals surface area contributed by atoms with E-state index in [0.29, 0.717) is 29.6 Å². The highest BCUT2D eigenvalue weighted by Gasteiger charge is 2.50.